The molecule has 0 spiro atoms. The van der Waals surface area contributed by atoms with Crippen molar-refractivity contribution in [2.24, 2.45) is 0 Å². The van der Waals surface area contributed by atoms with Gasteiger partial charge in [0.25, 0.3) is 0 Å². The Labute approximate surface area is 84.7 Å². The summed E-state index contributed by atoms with van der Waals surface area (Å²) in [4.78, 5) is 0. The zero-order valence-electron chi connectivity index (χ0n) is 8.33. The number of rotatable bonds is 2. The van der Waals surface area contributed by atoms with Crippen molar-refractivity contribution in [3.05, 3.63) is 0 Å². The van der Waals surface area contributed by atoms with Gasteiger partial charge in [0.2, 0.25) is 0 Å². The third-order valence-electron chi connectivity index (χ3n) is 1.91. The van der Waals surface area contributed by atoms with Crippen LogP contribution in [0.4, 0.5) is 0 Å². The van der Waals surface area contributed by atoms with Gasteiger partial charge in [-0.15, -0.1) is 0 Å². The summed E-state index contributed by atoms with van der Waals surface area (Å²) >= 11 is 0. The average Bonchev–Trinajstić information content (AvgIpc) is 2.33. The average molecular weight is 223 g/mol. The van der Waals surface area contributed by atoms with Crippen LogP contribution in [0.3, 0.4) is 0 Å². The standard InChI is InChI=1S/C8H17NO2S2/c1-8(2,3)13(11)9-7-4-5-12(10)6-7/h7,9H,4-6H2,1-3H3/t7-,12?,13?/m1/s1. The van der Waals surface area contributed by atoms with Crippen molar-refractivity contribution in [1.29, 1.82) is 0 Å². The fourth-order valence-electron chi connectivity index (χ4n) is 1.09. The molecule has 2 unspecified atom stereocenters. The molecule has 0 aromatic carbocycles. The van der Waals surface area contributed by atoms with Crippen LogP contribution in [-0.2, 0) is 21.8 Å². The molecule has 1 aliphatic heterocycles. The topological polar surface area (TPSA) is 46.2 Å². The molecule has 1 heterocycles. The van der Waals surface area contributed by atoms with Crippen LogP contribution in [-0.4, -0.2) is 30.7 Å². The summed E-state index contributed by atoms with van der Waals surface area (Å²) < 4.78 is 25.5. The van der Waals surface area contributed by atoms with Gasteiger partial charge in [-0.1, -0.05) is 0 Å². The number of hydrogen-bond acceptors (Lipinski definition) is 2. The molecule has 1 saturated heterocycles. The van der Waals surface area contributed by atoms with Crippen LogP contribution in [0.25, 0.3) is 0 Å². The molecule has 1 rings (SSSR count). The lowest BCUT2D eigenvalue weighted by molar-refractivity contribution is 0.609. The van der Waals surface area contributed by atoms with E-state index < -0.39 is 21.8 Å². The predicted octanol–water partition coefficient (Wildman–Crippen LogP) is 0.559. The Hall–Kier alpha value is 0.260. The maximum Gasteiger partial charge on any atom is 0.0973 e. The summed E-state index contributed by atoms with van der Waals surface area (Å²) in [6.07, 6.45) is 0.883. The zero-order valence-corrected chi connectivity index (χ0v) is 9.96. The number of hydrogen-bond donors (Lipinski definition) is 1. The molecular formula is C8H17NO2S2. The molecule has 5 heteroatoms. The molecular weight excluding hydrogens is 206 g/mol. The fourth-order valence-corrected chi connectivity index (χ4v) is 3.46. The van der Waals surface area contributed by atoms with E-state index in [-0.39, 0.29) is 10.8 Å². The Morgan fingerprint density at radius 1 is 1.46 bits per heavy atom. The van der Waals surface area contributed by atoms with Crippen molar-refractivity contribution < 1.29 is 8.42 Å². The lowest BCUT2D eigenvalue weighted by Gasteiger charge is -2.20. The highest BCUT2D eigenvalue weighted by molar-refractivity contribution is 7.86. The molecule has 0 aliphatic carbocycles. The number of nitrogens with one attached hydrogen (secondary N) is 1. The monoisotopic (exact) mass is 223 g/mol. The first-order valence-electron chi connectivity index (χ1n) is 4.42. The van der Waals surface area contributed by atoms with Gasteiger partial charge in [-0.05, 0) is 27.2 Å². The molecule has 13 heavy (non-hydrogen) atoms. The van der Waals surface area contributed by atoms with Gasteiger partial charge in [0.05, 0.1) is 15.7 Å². The highest BCUT2D eigenvalue weighted by atomic mass is 32.2. The summed E-state index contributed by atoms with van der Waals surface area (Å²) in [7, 11) is -1.72. The summed E-state index contributed by atoms with van der Waals surface area (Å²) in [6.45, 7) is 5.80. The molecule has 3 atom stereocenters. The van der Waals surface area contributed by atoms with Gasteiger partial charge in [-0.2, -0.15) is 0 Å². The van der Waals surface area contributed by atoms with Crippen molar-refractivity contribution in [3.8, 4) is 0 Å². The first-order valence-corrected chi connectivity index (χ1v) is 7.06. The van der Waals surface area contributed by atoms with Gasteiger partial charge in [0.15, 0.2) is 0 Å². The second-order valence-electron chi connectivity index (χ2n) is 4.30. The van der Waals surface area contributed by atoms with Gasteiger partial charge in [-0.3, -0.25) is 4.21 Å². The molecule has 3 nitrogen and oxygen atoms in total. The van der Waals surface area contributed by atoms with Crippen LogP contribution < -0.4 is 4.72 Å². The van der Waals surface area contributed by atoms with Gasteiger partial charge >= 0.3 is 0 Å². The molecule has 0 aromatic rings. The van der Waals surface area contributed by atoms with E-state index in [2.05, 4.69) is 4.72 Å². The molecule has 0 radical (unpaired) electrons. The van der Waals surface area contributed by atoms with Crippen molar-refractivity contribution in [2.45, 2.75) is 38.0 Å². The first-order chi connectivity index (χ1) is 5.89. The van der Waals surface area contributed by atoms with Crippen LogP contribution in [0.15, 0.2) is 0 Å². The molecule has 0 saturated carbocycles. The molecule has 0 bridgehead atoms. The SMILES string of the molecule is CC(C)(C)S(=O)N[C@@H]1CCS(=O)C1. The van der Waals surface area contributed by atoms with Crippen LogP contribution in [0.1, 0.15) is 27.2 Å². The van der Waals surface area contributed by atoms with E-state index in [9.17, 15) is 8.42 Å². The van der Waals surface area contributed by atoms with Crippen LogP contribution >= 0.6 is 0 Å². The van der Waals surface area contributed by atoms with E-state index in [0.29, 0.717) is 5.75 Å². The summed E-state index contributed by atoms with van der Waals surface area (Å²) in [5, 5.41) is 0. The fraction of sp³-hybridized carbons (Fsp3) is 1.00. The summed E-state index contributed by atoms with van der Waals surface area (Å²) in [6, 6.07) is 0.181. The van der Waals surface area contributed by atoms with E-state index in [1.807, 2.05) is 20.8 Å². The smallest absolute Gasteiger partial charge is 0.0973 e. The minimum Gasteiger partial charge on any atom is -0.260 e. The van der Waals surface area contributed by atoms with Gasteiger partial charge < -0.3 is 0 Å². The van der Waals surface area contributed by atoms with Crippen LogP contribution in [0.5, 0.6) is 0 Å². The molecule has 0 aromatic heterocycles. The molecule has 1 fully saturated rings. The lowest BCUT2D eigenvalue weighted by atomic mass is 10.3. The Morgan fingerprint density at radius 3 is 2.46 bits per heavy atom. The maximum atomic E-state index is 11.6. The van der Waals surface area contributed by atoms with E-state index >= 15 is 0 Å². The van der Waals surface area contributed by atoms with E-state index in [1.165, 1.54) is 0 Å². The Kier molecular flexibility index (Phi) is 3.65. The minimum absolute atomic E-state index is 0.181. The van der Waals surface area contributed by atoms with E-state index in [0.717, 1.165) is 12.2 Å². The normalized spacial score (nSPS) is 31.9. The maximum absolute atomic E-state index is 11.6. The second kappa shape index (κ2) is 4.19. The van der Waals surface area contributed by atoms with Crippen molar-refractivity contribution in [1.82, 2.24) is 4.72 Å². The van der Waals surface area contributed by atoms with Gasteiger partial charge in [-0.25, -0.2) is 8.93 Å². The highest BCUT2D eigenvalue weighted by Crippen LogP contribution is 2.13. The van der Waals surface area contributed by atoms with Crippen LogP contribution in [0.2, 0.25) is 0 Å². The Morgan fingerprint density at radius 2 is 2.08 bits per heavy atom. The molecule has 0 amide bonds. The predicted molar refractivity (Wildman–Crippen MR) is 57.3 cm³/mol. The minimum atomic E-state index is -1.03. The third-order valence-corrected chi connectivity index (χ3v) is 5.04. The molecule has 1 N–H and O–H groups in total. The summed E-state index contributed by atoms with van der Waals surface area (Å²) in [5.41, 5.74) is 0. The molecule has 1 aliphatic rings. The second-order valence-corrected chi connectivity index (χ2v) is 7.91. The van der Waals surface area contributed by atoms with Gasteiger partial charge in [0.1, 0.15) is 0 Å². The van der Waals surface area contributed by atoms with Crippen molar-refractivity contribution in [3.63, 3.8) is 0 Å². The summed E-state index contributed by atoms with van der Waals surface area (Å²) in [5.74, 6) is 1.40. The quantitative estimate of drug-likeness (QED) is 0.743. The third kappa shape index (κ3) is 3.48. The Bertz CT molecular complexity index is 235. The first kappa shape index (κ1) is 11.3. The molecule has 78 valence electrons. The van der Waals surface area contributed by atoms with Crippen LogP contribution in [0, 0.1) is 0 Å². The van der Waals surface area contributed by atoms with Gasteiger partial charge in [0, 0.05) is 28.3 Å². The van der Waals surface area contributed by atoms with E-state index in [4.69, 9.17) is 0 Å². The van der Waals surface area contributed by atoms with Crippen molar-refractivity contribution in [2.75, 3.05) is 11.5 Å². The highest BCUT2D eigenvalue weighted by Gasteiger charge is 2.27. The van der Waals surface area contributed by atoms with E-state index in [1.54, 1.807) is 0 Å². The zero-order chi connectivity index (χ0) is 10.1. The Balaban J connectivity index is 2.42. The largest absolute Gasteiger partial charge is 0.260 e. The lowest BCUT2D eigenvalue weighted by Crippen LogP contribution is -2.40. The van der Waals surface area contributed by atoms with Crippen molar-refractivity contribution >= 4 is 21.8 Å².